The number of hydrogen-bond donors (Lipinski definition) is 1. The molecular weight excluding hydrogens is 330 g/mol. The summed E-state index contributed by atoms with van der Waals surface area (Å²) < 4.78 is 5.22. The lowest BCUT2D eigenvalue weighted by atomic mass is 9.93. The number of rotatable bonds is 3. The molecule has 1 N–H and O–H groups in total. The minimum absolute atomic E-state index is 0.0690. The van der Waals surface area contributed by atoms with Gasteiger partial charge in [-0.25, -0.2) is 4.79 Å². The molecule has 6 heteroatoms. The minimum Gasteiger partial charge on any atom is -0.497 e. The van der Waals surface area contributed by atoms with Crippen LogP contribution in [-0.4, -0.2) is 48.5 Å². The largest absolute Gasteiger partial charge is 0.497 e. The number of nitrogens with zero attached hydrogens (tertiary/aromatic N) is 2. The van der Waals surface area contributed by atoms with E-state index in [9.17, 15) is 9.59 Å². The summed E-state index contributed by atoms with van der Waals surface area (Å²) in [5.41, 5.74) is 2.45. The third-order valence-electron chi connectivity index (χ3n) is 5.85. The average molecular weight is 355 g/mol. The molecule has 0 spiro atoms. The summed E-state index contributed by atoms with van der Waals surface area (Å²) in [6.07, 6.45) is 5.72. The fourth-order valence-corrected chi connectivity index (χ4v) is 4.32. The zero-order valence-corrected chi connectivity index (χ0v) is 15.3. The predicted octanol–water partition coefficient (Wildman–Crippen LogP) is 2.82. The molecule has 4 rings (SSSR count). The maximum absolute atomic E-state index is 13.3. The maximum Gasteiger partial charge on any atom is 0.322 e. The molecule has 3 aliphatic rings. The zero-order valence-electron chi connectivity index (χ0n) is 15.3. The minimum atomic E-state index is -0.402. The lowest BCUT2D eigenvalue weighted by Gasteiger charge is -2.31. The number of methoxy groups -OCH3 is 1. The van der Waals surface area contributed by atoms with Gasteiger partial charge in [0.2, 0.25) is 0 Å². The van der Waals surface area contributed by atoms with E-state index >= 15 is 0 Å². The second-order valence-corrected chi connectivity index (χ2v) is 7.30. The van der Waals surface area contributed by atoms with Gasteiger partial charge in [0, 0.05) is 13.1 Å². The number of carbonyl (C=O) groups is 2. The summed E-state index contributed by atoms with van der Waals surface area (Å²) in [6.45, 7) is 0.537. The Labute approximate surface area is 153 Å². The zero-order chi connectivity index (χ0) is 18.3. The molecule has 2 heterocycles. The predicted molar refractivity (Wildman–Crippen MR) is 97.6 cm³/mol. The summed E-state index contributed by atoms with van der Waals surface area (Å²) >= 11 is 0. The van der Waals surface area contributed by atoms with E-state index in [4.69, 9.17) is 4.74 Å². The van der Waals surface area contributed by atoms with Crippen LogP contribution in [-0.2, 0) is 4.79 Å². The Kier molecular flexibility index (Phi) is 4.34. The fourth-order valence-electron chi connectivity index (χ4n) is 4.32. The fraction of sp³-hybridized carbons (Fsp3) is 0.500. The number of urea groups is 1. The van der Waals surface area contributed by atoms with E-state index < -0.39 is 6.04 Å². The topological polar surface area (TPSA) is 61.9 Å². The van der Waals surface area contributed by atoms with Gasteiger partial charge in [0.05, 0.1) is 31.0 Å². The summed E-state index contributed by atoms with van der Waals surface area (Å²) in [4.78, 5) is 29.3. The molecule has 0 bridgehead atoms. The van der Waals surface area contributed by atoms with Crippen molar-refractivity contribution in [3.63, 3.8) is 0 Å². The molecule has 138 valence electrons. The van der Waals surface area contributed by atoms with Crippen LogP contribution in [0.2, 0.25) is 0 Å². The Morgan fingerprint density at radius 1 is 1.08 bits per heavy atom. The molecule has 0 unspecified atom stereocenters. The molecular formula is C20H25N3O3. The second-order valence-electron chi connectivity index (χ2n) is 7.30. The molecule has 1 saturated carbocycles. The van der Waals surface area contributed by atoms with Crippen LogP contribution < -0.4 is 10.1 Å². The number of benzene rings is 1. The summed E-state index contributed by atoms with van der Waals surface area (Å²) in [6, 6.07) is 7.27. The highest BCUT2D eigenvalue weighted by Crippen LogP contribution is 2.38. The molecule has 2 aliphatic heterocycles. The molecule has 6 nitrogen and oxygen atoms in total. The van der Waals surface area contributed by atoms with Gasteiger partial charge in [-0.3, -0.25) is 9.69 Å². The van der Waals surface area contributed by atoms with Crippen LogP contribution in [0, 0.1) is 0 Å². The van der Waals surface area contributed by atoms with E-state index in [2.05, 4.69) is 5.32 Å². The van der Waals surface area contributed by atoms with Gasteiger partial charge in [-0.2, -0.15) is 0 Å². The van der Waals surface area contributed by atoms with Crippen molar-refractivity contribution in [1.82, 2.24) is 15.1 Å². The van der Waals surface area contributed by atoms with Crippen molar-refractivity contribution in [2.45, 2.75) is 44.2 Å². The first-order valence-corrected chi connectivity index (χ1v) is 9.32. The molecule has 0 radical (unpaired) electrons. The summed E-state index contributed by atoms with van der Waals surface area (Å²) in [5, 5.41) is 2.99. The van der Waals surface area contributed by atoms with Gasteiger partial charge in [-0.1, -0.05) is 31.4 Å². The molecule has 0 aromatic heterocycles. The van der Waals surface area contributed by atoms with E-state index in [-0.39, 0.29) is 11.9 Å². The second kappa shape index (κ2) is 6.67. The lowest BCUT2D eigenvalue weighted by Crippen LogP contribution is -2.45. The number of hydrogen-bond acceptors (Lipinski definition) is 3. The Hall–Kier alpha value is -2.50. The van der Waals surface area contributed by atoms with E-state index in [0.29, 0.717) is 18.2 Å². The Bertz CT molecular complexity index is 750. The van der Waals surface area contributed by atoms with Crippen molar-refractivity contribution < 1.29 is 14.3 Å². The first kappa shape index (κ1) is 16.9. The van der Waals surface area contributed by atoms with Crippen molar-refractivity contribution in [2.75, 3.05) is 20.7 Å². The standard InChI is InChI=1S/C20H25N3O3/c1-22-16-12-23(14-6-4-3-5-7-14)19(24)17(16)18(21-20(22)25)13-8-10-15(26-2)11-9-13/h8-11,14,18H,3-7,12H2,1-2H3,(H,21,25)/t18-/m0/s1. The molecule has 1 atom stereocenters. The van der Waals surface area contributed by atoms with Crippen LogP contribution >= 0.6 is 0 Å². The highest BCUT2D eigenvalue weighted by atomic mass is 16.5. The van der Waals surface area contributed by atoms with Gasteiger partial charge in [-0.15, -0.1) is 0 Å². The maximum atomic E-state index is 13.3. The van der Waals surface area contributed by atoms with Gasteiger partial charge < -0.3 is 15.0 Å². The third kappa shape index (κ3) is 2.73. The molecule has 1 aromatic rings. The quantitative estimate of drug-likeness (QED) is 0.907. The van der Waals surface area contributed by atoms with E-state index in [0.717, 1.165) is 29.9 Å². The molecule has 1 aromatic carbocycles. The van der Waals surface area contributed by atoms with Crippen molar-refractivity contribution in [3.05, 3.63) is 41.1 Å². The molecule has 0 saturated heterocycles. The van der Waals surface area contributed by atoms with Crippen molar-refractivity contribution >= 4 is 11.9 Å². The Balaban J connectivity index is 1.67. The van der Waals surface area contributed by atoms with E-state index in [1.54, 1.807) is 19.1 Å². The van der Waals surface area contributed by atoms with Crippen molar-refractivity contribution in [2.24, 2.45) is 0 Å². The van der Waals surface area contributed by atoms with Crippen LogP contribution in [0.5, 0.6) is 5.75 Å². The van der Waals surface area contributed by atoms with Crippen LogP contribution in [0.3, 0.4) is 0 Å². The van der Waals surface area contributed by atoms with Crippen LogP contribution in [0.25, 0.3) is 0 Å². The van der Waals surface area contributed by atoms with Crippen LogP contribution in [0.15, 0.2) is 35.5 Å². The highest BCUT2D eigenvalue weighted by molar-refractivity contribution is 6.01. The number of nitrogens with one attached hydrogen (secondary N) is 1. The number of likely N-dealkylation sites (N-methyl/N-ethyl adjacent to an activating group) is 1. The molecule has 26 heavy (non-hydrogen) atoms. The monoisotopic (exact) mass is 355 g/mol. The smallest absolute Gasteiger partial charge is 0.322 e. The number of carbonyl (C=O) groups excluding carboxylic acids is 2. The van der Waals surface area contributed by atoms with Crippen LogP contribution in [0.4, 0.5) is 4.79 Å². The highest BCUT2D eigenvalue weighted by Gasteiger charge is 2.44. The number of amides is 3. The molecule has 1 aliphatic carbocycles. The Morgan fingerprint density at radius 3 is 2.42 bits per heavy atom. The van der Waals surface area contributed by atoms with Gasteiger partial charge >= 0.3 is 6.03 Å². The summed E-state index contributed by atoms with van der Waals surface area (Å²) in [7, 11) is 3.36. The lowest BCUT2D eigenvalue weighted by molar-refractivity contribution is -0.128. The molecule has 1 fully saturated rings. The van der Waals surface area contributed by atoms with Crippen molar-refractivity contribution in [3.8, 4) is 5.75 Å². The third-order valence-corrected chi connectivity index (χ3v) is 5.85. The first-order valence-electron chi connectivity index (χ1n) is 9.32. The van der Waals surface area contributed by atoms with Gasteiger partial charge in [0.15, 0.2) is 0 Å². The first-order chi connectivity index (χ1) is 12.6. The van der Waals surface area contributed by atoms with Gasteiger partial charge in [0.1, 0.15) is 5.75 Å². The van der Waals surface area contributed by atoms with Crippen LogP contribution in [0.1, 0.15) is 43.7 Å². The average Bonchev–Trinajstić information content (AvgIpc) is 3.03. The van der Waals surface area contributed by atoms with Crippen molar-refractivity contribution in [1.29, 1.82) is 0 Å². The normalized spacial score (nSPS) is 24.0. The Morgan fingerprint density at radius 2 is 1.77 bits per heavy atom. The van der Waals surface area contributed by atoms with Gasteiger partial charge in [0.25, 0.3) is 5.91 Å². The van der Waals surface area contributed by atoms with E-state index in [1.165, 1.54) is 19.3 Å². The van der Waals surface area contributed by atoms with Gasteiger partial charge in [-0.05, 0) is 30.5 Å². The summed E-state index contributed by atoms with van der Waals surface area (Å²) in [5.74, 6) is 0.823. The number of ether oxygens (including phenoxy) is 1. The SMILES string of the molecule is COc1ccc([C@@H]2NC(=O)N(C)C3=C2C(=O)N(C2CCCCC2)C3)cc1. The molecule has 3 amide bonds. The van der Waals surface area contributed by atoms with E-state index in [1.807, 2.05) is 29.2 Å².